The molecule has 1 aromatic carbocycles. The van der Waals surface area contributed by atoms with Crippen molar-refractivity contribution in [3.63, 3.8) is 0 Å². The molecule has 0 atom stereocenters. The van der Waals surface area contributed by atoms with Gasteiger partial charge in [0, 0.05) is 18.4 Å². The van der Waals surface area contributed by atoms with Gasteiger partial charge in [0.05, 0.1) is 5.69 Å². The molecule has 0 aliphatic carbocycles. The van der Waals surface area contributed by atoms with Crippen LogP contribution in [0.2, 0.25) is 0 Å². The van der Waals surface area contributed by atoms with Gasteiger partial charge in [0.1, 0.15) is 0 Å². The van der Waals surface area contributed by atoms with Gasteiger partial charge in [-0.25, -0.2) is 9.78 Å². The standard InChI is InChI=1S/C14H12N2O2/c17-14(18)13-12(6-3-8-15-13)16-9-7-10-4-1-2-5-11(10)16/h1-6,8H,7,9H2,(H,17,18). The molecule has 1 N–H and O–H groups in total. The van der Waals surface area contributed by atoms with Gasteiger partial charge in [0.25, 0.3) is 0 Å². The van der Waals surface area contributed by atoms with E-state index in [2.05, 4.69) is 11.1 Å². The van der Waals surface area contributed by atoms with Crippen LogP contribution in [-0.2, 0) is 6.42 Å². The first kappa shape index (κ1) is 10.8. The summed E-state index contributed by atoms with van der Waals surface area (Å²) < 4.78 is 0. The number of para-hydroxylation sites is 1. The molecule has 0 saturated heterocycles. The van der Waals surface area contributed by atoms with Gasteiger partial charge < -0.3 is 10.0 Å². The van der Waals surface area contributed by atoms with Gasteiger partial charge in [0.15, 0.2) is 5.69 Å². The van der Waals surface area contributed by atoms with Crippen molar-refractivity contribution in [1.82, 2.24) is 4.98 Å². The second-order valence-corrected chi connectivity index (χ2v) is 4.21. The van der Waals surface area contributed by atoms with Gasteiger partial charge in [-0.2, -0.15) is 0 Å². The van der Waals surface area contributed by atoms with Crippen LogP contribution < -0.4 is 4.90 Å². The Labute approximate surface area is 105 Å². The number of carboxylic acid groups (broad SMARTS) is 1. The van der Waals surface area contributed by atoms with Gasteiger partial charge in [-0.1, -0.05) is 18.2 Å². The fourth-order valence-corrected chi connectivity index (χ4v) is 2.37. The summed E-state index contributed by atoms with van der Waals surface area (Å²) in [5.74, 6) is -0.991. The highest BCUT2D eigenvalue weighted by molar-refractivity contribution is 5.93. The van der Waals surface area contributed by atoms with Gasteiger partial charge >= 0.3 is 5.97 Å². The highest BCUT2D eigenvalue weighted by Crippen LogP contribution is 2.35. The molecule has 0 fully saturated rings. The van der Waals surface area contributed by atoms with E-state index in [9.17, 15) is 9.90 Å². The lowest BCUT2D eigenvalue weighted by Gasteiger charge is -2.20. The van der Waals surface area contributed by atoms with Crippen molar-refractivity contribution in [2.45, 2.75) is 6.42 Å². The maximum Gasteiger partial charge on any atom is 0.356 e. The molecule has 3 rings (SSSR count). The van der Waals surface area contributed by atoms with Crippen LogP contribution >= 0.6 is 0 Å². The third-order valence-electron chi connectivity index (χ3n) is 3.17. The molecule has 0 spiro atoms. The average molecular weight is 240 g/mol. The Morgan fingerprint density at radius 3 is 2.78 bits per heavy atom. The SMILES string of the molecule is O=C(O)c1ncccc1N1CCc2ccccc21. The van der Waals surface area contributed by atoms with Crippen LogP contribution in [0.5, 0.6) is 0 Å². The minimum Gasteiger partial charge on any atom is -0.476 e. The monoisotopic (exact) mass is 240 g/mol. The fourth-order valence-electron chi connectivity index (χ4n) is 2.37. The van der Waals surface area contributed by atoms with E-state index < -0.39 is 5.97 Å². The van der Waals surface area contributed by atoms with Gasteiger partial charge in [0.2, 0.25) is 0 Å². The number of benzene rings is 1. The number of rotatable bonds is 2. The van der Waals surface area contributed by atoms with E-state index in [-0.39, 0.29) is 5.69 Å². The van der Waals surface area contributed by atoms with Gasteiger partial charge in [-0.15, -0.1) is 0 Å². The molecule has 1 aliphatic heterocycles. The largest absolute Gasteiger partial charge is 0.476 e. The van der Waals surface area contributed by atoms with Crippen molar-refractivity contribution in [3.8, 4) is 0 Å². The molecule has 0 radical (unpaired) electrons. The number of fused-ring (bicyclic) bond motifs is 1. The minimum atomic E-state index is -0.991. The second-order valence-electron chi connectivity index (χ2n) is 4.21. The lowest BCUT2D eigenvalue weighted by atomic mass is 10.2. The average Bonchev–Trinajstić information content (AvgIpc) is 2.82. The summed E-state index contributed by atoms with van der Waals surface area (Å²) >= 11 is 0. The Bertz CT molecular complexity index is 610. The summed E-state index contributed by atoms with van der Waals surface area (Å²) in [5.41, 5.74) is 3.09. The lowest BCUT2D eigenvalue weighted by Crippen LogP contribution is -2.17. The maximum absolute atomic E-state index is 11.2. The van der Waals surface area contributed by atoms with Crippen LogP contribution in [0, 0.1) is 0 Å². The summed E-state index contributed by atoms with van der Waals surface area (Å²) in [5, 5.41) is 9.18. The molecule has 0 unspecified atom stereocenters. The number of hydrogen-bond donors (Lipinski definition) is 1. The number of carbonyl (C=O) groups is 1. The molecule has 0 bridgehead atoms. The predicted molar refractivity (Wildman–Crippen MR) is 68.3 cm³/mol. The number of carboxylic acids is 1. The van der Waals surface area contributed by atoms with Gasteiger partial charge in [-0.3, -0.25) is 0 Å². The van der Waals surface area contributed by atoms with E-state index in [0.29, 0.717) is 5.69 Å². The van der Waals surface area contributed by atoms with Gasteiger partial charge in [-0.05, 0) is 30.2 Å². The van der Waals surface area contributed by atoms with Crippen LogP contribution in [0.4, 0.5) is 11.4 Å². The Balaban J connectivity index is 2.10. The number of pyridine rings is 1. The van der Waals surface area contributed by atoms with Crippen molar-refractivity contribution >= 4 is 17.3 Å². The van der Waals surface area contributed by atoms with E-state index in [4.69, 9.17) is 0 Å². The lowest BCUT2D eigenvalue weighted by molar-refractivity contribution is 0.0691. The van der Waals surface area contributed by atoms with Crippen LogP contribution in [-0.4, -0.2) is 22.6 Å². The highest BCUT2D eigenvalue weighted by Gasteiger charge is 2.24. The topological polar surface area (TPSA) is 53.4 Å². The molecular formula is C14H12N2O2. The van der Waals surface area contributed by atoms with Crippen LogP contribution in [0.25, 0.3) is 0 Å². The molecular weight excluding hydrogens is 228 g/mol. The van der Waals surface area contributed by atoms with E-state index in [1.807, 2.05) is 23.1 Å². The van der Waals surface area contributed by atoms with E-state index in [1.165, 1.54) is 11.8 Å². The summed E-state index contributed by atoms with van der Waals surface area (Å²) in [4.78, 5) is 17.2. The number of anilines is 2. The Morgan fingerprint density at radius 1 is 1.17 bits per heavy atom. The summed E-state index contributed by atoms with van der Waals surface area (Å²) in [7, 11) is 0. The highest BCUT2D eigenvalue weighted by atomic mass is 16.4. The smallest absolute Gasteiger partial charge is 0.356 e. The maximum atomic E-state index is 11.2. The summed E-state index contributed by atoms with van der Waals surface area (Å²) in [6.45, 7) is 0.797. The Hall–Kier alpha value is -2.36. The van der Waals surface area contributed by atoms with Crippen LogP contribution in [0.15, 0.2) is 42.6 Å². The Morgan fingerprint density at radius 2 is 1.94 bits per heavy atom. The first-order valence-electron chi connectivity index (χ1n) is 5.81. The number of nitrogens with zero attached hydrogens (tertiary/aromatic N) is 2. The van der Waals surface area contributed by atoms with E-state index in [0.717, 1.165) is 18.7 Å². The van der Waals surface area contributed by atoms with E-state index >= 15 is 0 Å². The molecule has 1 aliphatic rings. The molecule has 0 saturated carbocycles. The van der Waals surface area contributed by atoms with Crippen molar-refractivity contribution < 1.29 is 9.90 Å². The molecule has 1 aromatic heterocycles. The summed E-state index contributed by atoms with van der Waals surface area (Å²) in [6, 6.07) is 11.6. The zero-order chi connectivity index (χ0) is 12.5. The van der Waals surface area contributed by atoms with Crippen molar-refractivity contribution in [3.05, 3.63) is 53.9 Å². The van der Waals surface area contributed by atoms with Crippen molar-refractivity contribution in [1.29, 1.82) is 0 Å². The molecule has 4 heteroatoms. The second kappa shape index (κ2) is 4.14. The summed E-state index contributed by atoms with van der Waals surface area (Å²) in [6.07, 6.45) is 2.44. The first-order valence-corrected chi connectivity index (χ1v) is 5.81. The zero-order valence-corrected chi connectivity index (χ0v) is 9.71. The third kappa shape index (κ3) is 1.62. The Kier molecular flexibility index (Phi) is 2.48. The van der Waals surface area contributed by atoms with Crippen LogP contribution in [0.1, 0.15) is 16.1 Å². The molecule has 18 heavy (non-hydrogen) atoms. The van der Waals surface area contributed by atoms with E-state index in [1.54, 1.807) is 12.1 Å². The normalized spacial score (nSPS) is 13.4. The molecule has 2 heterocycles. The fraction of sp³-hybridized carbons (Fsp3) is 0.143. The molecule has 90 valence electrons. The predicted octanol–water partition coefficient (Wildman–Crippen LogP) is 2.47. The molecule has 0 amide bonds. The number of aromatic nitrogens is 1. The van der Waals surface area contributed by atoms with Crippen LogP contribution in [0.3, 0.4) is 0 Å². The first-order chi connectivity index (χ1) is 8.77. The van der Waals surface area contributed by atoms with Crippen molar-refractivity contribution in [2.24, 2.45) is 0 Å². The zero-order valence-electron chi connectivity index (χ0n) is 9.71. The third-order valence-corrected chi connectivity index (χ3v) is 3.17. The molecule has 2 aromatic rings. The van der Waals surface area contributed by atoms with Crippen molar-refractivity contribution in [2.75, 3.05) is 11.4 Å². The minimum absolute atomic E-state index is 0.106. The quantitative estimate of drug-likeness (QED) is 0.876. The number of hydrogen-bond acceptors (Lipinski definition) is 3. The molecule has 4 nitrogen and oxygen atoms in total. The number of aromatic carboxylic acids is 1.